The molecule has 32 heavy (non-hydrogen) atoms. The van der Waals surface area contributed by atoms with Crippen LogP contribution in [0.2, 0.25) is 0 Å². The predicted octanol–water partition coefficient (Wildman–Crippen LogP) is 4.62. The molecule has 0 N–H and O–H groups in total. The molecule has 0 saturated carbocycles. The van der Waals surface area contributed by atoms with Crippen LogP contribution in [0, 0.1) is 6.92 Å². The quantitative estimate of drug-likeness (QED) is 0.472. The highest BCUT2D eigenvalue weighted by Gasteiger charge is 2.28. The van der Waals surface area contributed by atoms with E-state index in [1.807, 2.05) is 66.4 Å². The molecule has 0 atom stereocenters. The Morgan fingerprint density at radius 1 is 1.06 bits per heavy atom. The van der Waals surface area contributed by atoms with Gasteiger partial charge >= 0.3 is 0 Å². The van der Waals surface area contributed by atoms with Crippen molar-refractivity contribution in [1.82, 2.24) is 20.0 Å². The molecule has 0 unspecified atom stereocenters. The van der Waals surface area contributed by atoms with Crippen LogP contribution in [0.4, 0.5) is 0 Å². The fraction of sp³-hybridized carbons (Fsp3) is 0.280. The number of aryl methyl sites for hydroxylation is 1. The lowest BCUT2D eigenvalue weighted by atomic mass is 9.95. The zero-order chi connectivity index (χ0) is 22.1. The molecule has 1 saturated heterocycles. The predicted molar refractivity (Wildman–Crippen MR) is 121 cm³/mol. The summed E-state index contributed by atoms with van der Waals surface area (Å²) in [5.74, 6) is 2.33. The molecule has 0 spiro atoms. The van der Waals surface area contributed by atoms with Gasteiger partial charge in [0.15, 0.2) is 5.82 Å². The second kappa shape index (κ2) is 8.42. The lowest BCUT2D eigenvalue weighted by molar-refractivity contribution is 0.0706. The first-order valence-corrected chi connectivity index (χ1v) is 10.8. The zero-order valence-corrected chi connectivity index (χ0v) is 18.1. The van der Waals surface area contributed by atoms with Gasteiger partial charge in [0.05, 0.1) is 23.9 Å². The Balaban J connectivity index is 1.44. The summed E-state index contributed by atoms with van der Waals surface area (Å²) in [6, 6.07) is 17.4. The third-order valence-corrected chi connectivity index (χ3v) is 6.01. The molecular weight excluding hydrogens is 404 g/mol. The van der Waals surface area contributed by atoms with Crippen molar-refractivity contribution in [3.05, 3.63) is 71.9 Å². The molecule has 1 amide bonds. The minimum absolute atomic E-state index is 0.0264. The van der Waals surface area contributed by atoms with Gasteiger partial charge in [-0.3, -0.25) is 4.79 Å². The number of rotatable bonds is 4. The fourth-order valence-corrected chi connectivity index (χ4v) is 4.24. The summed E-state index contributed by atoms with van der Waals surface area (Å²) >= 11 is 0. The number of hydrogen-bond donors (Lipinski definition) is 0. The Labute approximate surface area is 186 Å². The van der Waals surface area contributed by atoms with Gasteiger partial charge in [0.1, 0.15) is 5.75 Å². The molecule has 162 valence electrons. The van der Waals surface area contributed by atoms with E-state index in [2.05, 4.69) is 10.1 Å². The number of benzene rings is 2. The van der Waals surface area contributed by atoms with Crippen molar-refractivity contribution in [3.8, 4) is 17.0 Å². The van der Waals surface area contributed by atoms with Crippen LogP contribution in [0.25, 0.3) is 22.2 Å². The minimum Gasteiger partial charge on any atom is -0.497 e. The third-order valence-electron chi connectivity index (χ3n) is 6.01. The van der Waals surface area contributed by atoms with Gasteiger partial charge in [0, 0.05) is 30.0 Å². The number of fused-ring (bicyclic) bond motifs is 1. The van der Waals surface area contributed by atoms with Crippen LogP contribution < -0.4 is 4.74 Å². The van der Waals surface area contributed by atoms with Crippen LogP contribution in [0.15, 0.2) is 59.1 Å². The van der Waals surface area contributed by atoms with E-state index in [4.69, 9.17) is 14.2 Å². The molecule has 7 nitrogen and oxygen atoms in total. The van der Waals surface area contributed by atoms with E-state index in [-0.39, 0.29) is 11.8 Å². The monoisotopic (exact) mass is 428 g/mol. The average molecular weight is 428 g/mol. The third kappa shape index (κ3) is 3.82. The maximum absolute atomic E-state index is 13.6. The van der Waals surface area contributed by atoms with Gasteiger partial charge in [-0.05, 0) is 56.2 Å². The first-order valence-electron chi connectivity index (χ1n) is 10.8. The molecule has 2 aromatic heterocycles. The van der Waals surface area contributed by atoms with E-state index in [0.717, 1.165) is 40.8 Å². The van der Waals surface area contributed by atoms with Crippen molar-refractivity contribution in [1.29, 1.82) is 0 Å². The lowest BCUT2D eigenvalue weighted by Gasteiger charge is -2.30. The Bertz CT molecular complexity index is 1260. The second-order valence-corrected chi connectivity index (χ2v) is 8.05. The number of carbonyl (C=O) groups is 1. The van der Waals surface area contributed by atoms with E-state index >= 15 is 0 Å². The van der Waals surface area contributed by atoms with E-state index < -0.39 is 0 Å². The van der Waals surface area contributed by atoms with E-state index in [1.165, 1.54) is 0 Å². The highest BCUT2D eigenvalue weighted by Crippen LogP contribution is 2.30. The molecular formula is C25H24N4O3. The van der Waals surface area contributed by atoms with E-state index in [1.54, 1.807) is 7.11 Å². The number of ether oxygens (including phenoxy) is 1. The van der Waals surface area contributed by atoms with Crippen molar-refractivity contribution in [2.45, 2.75) is 25.7 Å². The molecule has 7 heteroatoms. The Kier molecular flexibility index (Phi) is 5.31. The standard InChI is InChI=1S/C25H24N4O3/c1-16-26-24(32-28-16)18-11-13-29(14-12-18)25(30)21-15-23(17-7-9-19(31-2)10-8-17)27-22-6-4-3-5-20(21)22/h3-10,15,18H,11-14H2,1-2H3. The fourth-order valence-electron chi connectivity index (χ4n) is 4.24. The number of piperidine rings is 1. The highest BCUT2D eigenvalue weighted by molar-refractivity contribution is 6.07. The Morgan fingerprint density at radius 3 is 2.50 bits per heavy atom. The first kappa shape index (κ1) is 20.2. The molecule has 3 heterocycles. The van der Waals surface area contributed by atoms with Gasteiger partial charge in [0.25, 0.3) is 5.91 Å². The van der Waals surface area contributed by atoms with Crippen LogP contribution in [0.1, 0.15) is 40.8 Å². The molecule has 5 rings (SSSR count). The summed E-state index contributed by atoms with van der Waals surface area (Å²) in [7, 11) is 1.64. The summed E-state index contributed by atoms with van der Waals surface area (Å²) in [5.41, 5.74) is 3.19. The number of pyridine rings is 1. The zero-order valence-electron chi connectivity index (χ0n) is 18.1. The molecule has 1 aliphatic rings. The average Bonchev–Trinajstić information content (AvgIpc) is 3.29. The van der Waals surface area contributed by atoms with Crippen molar-refractivity contribution in [3.63, 3.8) is 0 Å². The van der Waals surface area contributed by atoms with Gasteiger partial charge in [-0.25, -0.2) is 4.98 Å². The minimum atomic E-state index is 0.0264. The van der Waals surface area contributed by atoms with Gasteiger partial charge in [-0.2, -0.15) is 4.98 Å². The summed E-state index contributed by atoms with van der Waals surface area (Å²) < 4.78 is 10.6. The topological polar surface area (TPSA) is 81.4 Å². The molecule has 0 radical (unpaired) electrons. The number of aromatic nitrogens is 3. The molecule has 0 aliphatic carbocycles. The Hall–Kier alpha value is -3.74. The van der Waals surface area contributed by atoms with Crippen LogP contribution in [-0.4, -0.2) is 46.1 Å². The van der Waals surface area contributed by atoms with Crippen LogP contribution in [0.5, 0.6) is 5.75 Å². The smallest absolute Gasteiger partial charge is 0.254 e. The van der Waals surface area contributed by atoms with E-state index in [9.17, 15) is 4.79 Å². The van der Waals surface area contributed by atoms with E-state index in [0.29, 0.717) is 30.4 Å². The summed E-state index contributed by atoms with van der Waals surface area (Å²) in [4.78, 5) is 24.7. The molecule has 4 aromatic rings. The van der Waals surface area contributed by atoms with Crippen LogP contribution in [-0.2, 0) is 0 Å². The number of carbonyl (C=O) groups excluding carboxylic acids is 1. The van der Waals surface area contributed by atoms with Crippen LogP contribution in [0.3, 0.4) is 0 Å². The van der Waals surface area contributed by atoms with Crippen molar-refractivity contribution >= 4 is 16.8 Å². The molecule has 2 aromatic carbocycles. The largest absolute Gasteiger partial charge is 0.497 e. The number of para-hydroxylation sites is 1. The number of methoxy groups -OCH3 is 1. The van der Waals surface area contributed by atoms with Gasteiger partial charge < -0.3 is 14.2 Å². The molecule has 1 aliphatic heterocycles. The van der Waals surface area contributed by atoms with Gasteiger partial charge in [-0.1, -0.05) is 23.4 Å². The maximum Gasteiger partial charge on any atom is 0.254 e. The summed E-state index contributed by atoms with van der Waals surface area (Å²) in [5, 5.41) is 4.76. The number of amides is 1. The highest BCUT2D eigenvalue weighted by atomic mass is 16.5. The summed E-state index contributed by atoms with van der Waals surface area (Å²) in [6.07, 6.45) is 1.61. The maximum atomic E-state index is 13.6. The second-order valence-electron chi connectivity index (χ2n) is 8.05. The normalized spacial score (nSPS) is 14.6. The number of likely N-dealkylation sites (tertiary alicyclic amines) is 1. The van der Waals surface area contributed by atoms with Crippen molar-refractivity contribution in [2.24, 2.45) is 0 Å². The lowest BCUT2D eigenvalue weighted by Crippen LogP contribution is -2.38. The number of hydrogen-bond acceptors (Lipinski definition) is 6. The van der Waals surface area contributed by atoms with Gasteiger partial charge in [-0.15, -0.1) is 0 Å². The van der Waals surface area contributed by atoms with Crippen LogP contribution >= 0.6 is 0 Å². The molecule has 1 fully saturated rings. The first-order chi connectivity index (χ1) is 15.6. The molecule has 0 bridgehead atoms. The Morgan fingerprint density at radius 2 is 1.81 bits per heavy atom. The SMILES string of the molecule is COc1ccc(-c2cc(C(=O)N3CCC(c4nc(C)no4)CC3)c3ccccc3n2)cc1. The van der Waals surface area contributed by atoms with Gasteiger partial charge in [0.2, 0.25) is 5.89 Å². The summed E-state index contributed by atoms with van der Waals surface area (Å²) in [6.45, 7) is 3.12. The van der Waals surface area contributed by atoms with Crippen molar-refractivity contribution < 1.29 is 14.1 Å². The van der Waals surface area contributed by atoms with Crippen molar-refractivity contribution in [2.75, 3.05) is 20.2 Å². The number of nitrogens with zero attached hydrogens (tertiary/aromatic N) is 4.